The number of nitrogens with zero attached hydrogens (tertiary/aromatic N) is 3. The van der Waals surface area contributed by atoms with E-state index >= 15 is 0 Å². The van der Waals surface area contributed by atoms with Crippen LogP contribution in [0.2, 0.25) is 15.1 Å². The van der Waals surface area contributed by atoms with Crippen LogP contribution in [-0.4, -0.2) is 30.8 Å². The zero-order valence-corrected chi connectivity index (χ0v) is 18.8. The third kappa shape index (κ3) is 4.54. The number of aliphatic hydroxyl groups excluding tert-OH is 1. The van der Waals surface area contributed by atoms with Crippen molar-refractivity contribution < 1.29 is 9.84 Å². The summed E-state index contributed by atoms with van der Waals surface area (Å²) in [5, 5.41) is 10.3. The Morgan fingerprint density at radius 2 is 1.75 bits per heavy atom. The number of aliphatic hydroxyl groups is 1. The topological polar surface area (TPSA) is 102 Å². The van der Waals surface area contributed by atoms with Gasteiger partial charge in [-0.3, -0.25) is 18.9 Å². The Morgan fingerprint density at radius 1 is 1.00 bits per heavy atom. The first kappa shape index (κ1) is 22.4. The van der Waals surface area contributed by atoms with Crippen molar-refractivity contribution in [2.24, 2.45) is 0 Å². The lowest BCUT2D eigenvalue weighted by Gasteiger charge is -2.11. The predicted octanol–water partition coefficient (Wildman–Crippen LogP) is 4.07. The van der Waals surface area contributed by atoms with E-state index in [0.717, 1.165) is 10.1 Å². The third-order valence-corrected chi connectivity index (χ3v) is 5.74. The molecular formula is C21H17Cl3N4O4. The Balaban J connectivity index is 1.88. The zero-order chi connectivity index (χ0) is 22.8. The smallest absolute Gasteiger partial charge is 0.330 e. The first-order chi connectivity index (χ1) is 15.4. The van der Waals surface area contributed by atoms with Gasteiger partial charge in [0.2, 0.25) is 0 Å². The van der Waals surface area contributed by atoms with E-state index in [0.29, 0.717) is 20.8 Å². The summed E-state index contributed by atoms with van der Waals surface area (Å²) in [4.78, 5) is 32.5. The Kier molecular flexibility index (Phi) is 6.57. The number of aromatic amines is 1. The molecule has 2 N–H and O–H groups in total. The van der Waals surface area contributed by atoms with Gasteiger partial charge in [-0.15, -0.1) is 0 Å². The second kappa shape index (κ2) is 9.38. The fourth-order valence-corrected chi connectivity index (χ4v) is 3.61. The molecule has 2 heterocycles. The molecular weight excluding hydrogens is 479 g/mol. The molecule has 0 unspecified atom stereocenters. The summed E-state index contributed by atoms with van der Waals surface area (Å²) in [7, 11) is 0. The Hall–Kier alpha value is -2.78. The standard InChI is InChI=1S/C21H17Cl3N4O4/c22-13-4-2-12(3-5-13)11-28-17-18(25-20(31)27(19(17)30)8-1-9-29)26-21(28)32-14-6-7-15(23)16(24)10-14/h2-7,10,29H,1,8-9,11H2,(H,25,31). The number of nitrogens with one attached hydrogen (secondary N) is 1. The second-order valence-electron chi connectivity index (χ2n) is 6.95. The summed E-state index contributed by atoms with van der Waals surface area (Å²) in [6.07, 6.45) is 0.256. The summed E-state index contributed by atoms with van der Waals surface area (Å²) in [5.41, 5.74) is -0.0761. The Bertz CT molecular complexity index is 1390. The predicted molar refractivity (Wildman–Crippen MR) is 123 cm³/mol. The van der Waals surface area contributed by atoms with E-state index in [1.807, 2.05) is 12.1 Å². The van der Waals surface area contributed by atoms with E-state index in [1.54, 1.807) is 28.8 Å². The molecule has 2 aromatic heterocycles. The fraction of sp³-hybridized carbons (Fsp3) is 0.190. The molecule has 0 amide bonds. The molecule has 4 rings (SSSR count). The highest BCUT2D eigenvalue weighted by Crippen LogP contribution is 2.30. The van der Waals surface area contributed by atoms with Crippen LogP contribution in [0.3, 0.4) is 0 Å². The molecule has 0 aliphatic rings. The number of H-pyrrole nitrogens is 1. The number of fused-ring (bicyclic) bond motifs is 1. The number of hydrogen-bond acceptors (Lipinski definition) is 5. The molecule has 0 radical (unpaired) electrons. The van der Waals surface area contributed by atoms with Gasteiger partial charge in [-0.2, -0.15) is 4.98 Å². The maximum atomic E-state index is 13.2. The van der Waals surface area contributed by atoms with E-state index in [-0.39, 0.29) is 43.3 Å². The average molecular weight is 496 g/mol. The number of ether oxygens (including phenoxy) is 1. The van der Waals surface area contributed by atoms with E-state index in [4.69, 9.17) is 44.6 Å². The van der Waals surface area contributed by atoms with Crippen LogP contribution in [0, 0.1) is 0 Å². The van der Waals surface area contributed by atoms with E-state index in [9.17, 15) is 9.59 Å². The van der Waals surface area contributed by atoms with Crippen LogP contribution < -0.4 is 16.0 Å². The fourth-order valence-electron chi connectivity index (χ4n) is 3.20. The van der Waals surface area contributed by atoms with Gasteiger partial charge in [-0.05, 0) is 36.2 Å². The molecule has 32 heavy (non-hydrogen) atoms. The monoisotopic (exact) mass is 494 g/mol. The lowest BCUT2D eigenvalue weighted by atomic mass is 10.2. The molecule has 0 aliphatic heterocycles. The molecule has 2 aromatic carbocycles. The van der Waals surface area contributed by atoms with E-state index in [2.05, 4.69) is 9.97 Å². The summed E-state index contributed by atoms with van der Waals surface area (Å²) in [6, 6.07) is 11.9. The first-order valence-corrected chi connectivity index (χ1v) is 10.7. The molecule has 11 heteroatoms. The SMILES string of the molecule is O=c1[nH]c2nc(Oc3ccc(Cl)c(Cl)c3)n(Cc3ccc(Cl)cc3)c2c(=O)n1CCCO. The maximum Gasteiger partial charge on any atom is 0.330 e. The van der Waals surface area contributed by atoms with Gasteiger partial charge in [0.1, 0.15) is 5.75 Å². The van der Waals surface area contributed by atoms with Crippen LogP contribution in [0.1, 0.15) is 12.0 Å². The minimum absolute atomic E-state index is 0.0652. The van der Waals surface area contributed by atoms with Crippen molar-refractivity contribution in [2.45, 2.75) is 19.5 Å². The van der Waals surface area contributed by atoms with Gasteiger partial charge in [0.05, 0.1) is 16.6 Å². The number of aromatic nitrogens is 4. The van der Waals surface area contributed by atoms with Crippen molar-refractivity contribution >= 4 is 46.0 Å². The zero-order valence-electron chi connectivity index (χ0n) is 16.5. The van der Waals surface area contributed by atoms with Gasteiger partial charge in [0.15, 0.2) is 11.2 Å². The molecule has 0 bridgehead atoms. The number of halogens is 3. The third-order valence-electron chi connectivity index (χ3n) is 4.74. The van der Waals surface area contributed by atoms with Crippen LogP contribution in [0.4, 0.5) is 0 Å². The van der Waals surface area contributed by atoms with Crippen LogP contribution in [0.5, 0.6) is 11.8 Å². The number of imidazole rings is 1. The quantitative estimate of drug-likeness (QED) is 0.402. The minimum atomic E-state index is -0.617. The van der Waals surface area contributed by atoms with Crippen molar-refractivity contribution in [1.82, 2.24) is 19.1 Å². The van der Waals surface area contributed by atoms with E-state index in [1.165, 1.54) is 6.07 Å². The van der Waals surface area contributed by atoms with Crippen molar-refractivity contribution in [1.29, 1.82) is 0 Å². The van der Waals surface area contributed by atoms with Crippen molar-refractivity contribution in [2.75, 3.05) is 6.61 Å². The molecule has 0 aliphatic carbocycles. The molecule has 0 fully saturated rings. The Morgan fingerprint density at radius 3 is 2.44 bits per heavy atom. The summed E-state index contributed by atoms with van der Waals surface area (Å²) < 4.78 is 8.51. The van der Waals surface area contributed by atoms with E-state index < -0.39 is 11.2 Å². The van der Waals surface area contributed by atoms with Crippen LogP contribution in [-0.2, 0) is 13.1 Å². The Labute approximate surface area is 196 Å². The minimum Gasteiger partial charge on any atom is -0.425 e. The van der Waals surface area contributed by atoms with Crippen molar-refractivity contribution in [3.05, 3.63) is 83.9 Å². The van der Waals surface area contributed by atoms with Crippen molar-refractivity contribution in [3.8, 4) is 11.8 Å². The number of rotatable bonds is 7. The van der Waals surface area contributed by atoms with Gasteiger partial charge >= 0.3 is 11.7 Å². The van der Waals surface area contributed by atoms with Crippen LogP contribution in [0.25, 0.3) is 11.2 Å². The molecule has 8 nitrogen and oxygen atoms in total. The molecule has 166 valence electrons. The molecule has 0 atom stereocenters. The normalized spacial score (nSPS) is 11.2. The molecule has 0 saturated heterocycles. The van der Waals surface area contributed by atoms with Crippen LogP contribution >= 0.6 is 34.8 Å². The van der Waals surface area contributed by atoms with Gasteiger partial charge in [-0.25, -0.2) is 4.79 Å². The number of benzene rings is 2. The highest BCUT2D eigenvalue weighted by molar-refractivity contribution is 6.42. The van der Waals surface area contributed by atoms with Gasteiger partial charge < -0.3 is 9.84 Å². The molecule has 0 saturated carbocycles. The molecule has 4 aromatic rings. The summed E-state index contributed by atoms with van der Waals surface area (Å²) in [5.74, 6) is 0.356. The second-order valence-corrected chi connectivity index (χ2v) is 8.20. The highest BCUT2D eigenvalue weighted by Gasteiger charge is 2.20. The average Bonchev–Trinajstić information content (AvgIpc) is 3.09. The summed E-state index contributed by atoms with van der Waals surface area (Å²) in [6.45, 7) is 0.140. The lowest BCUT2D eigenvalue weighted by Crippen LogP contribution is -2.36. The lowest BCUT2D eigenvalue weighted by molar-refractivity contribution is 0.278. The summed E-state index contributed by atoms with van der Waals surface area (Å²) >= 11 is 18.0. The van der Waals surface area contributed by atoms with Gasteiger partial charge in [0.25, 0.3) is 5.56 Å². The maximum absolute atomic E-state index is 13.2. The van der Waals surface area contributed by atoms with Crippen molar-refractivity contribution in [3.63, 3.8) is 0 Å². The largest absolute Gasteiger partial charge is 0.425 e. The first-order valence-electron chi connectivity index (χ1n) is 9.59. The van der Waals surface area contributed by atoms with Gasteiger partial charge in [0, 0.05) is 24.2 Å². The molecule has 0 spiro atoms. The number of hydrogen-bond donors (Lipinski definition) is 2. The highest BCUT2D eigenvalue weighted by atomic mass is 35.5. The van der Waals surface area contributed by atoms with Crippen LogP contribution in [0.15, 0.2) is 52.1 Å². The van der Waals surface area contributed by atoms with Gasteiger partial charge in [-0.1, -0.05) is 46.9 Å².